The molecule has 3 aromatic rings. The molecule has 0 aliphatic rings. The Morgan fingerprint density at radius 2 is 1.59 bits per heavy atom. The number of carbonyl (C=O) groups excluding carboxylic acids is 3. The summed E-state index contributed by atoms with van der Waals surface area (Å²) in [7, 11) is 1.66. The second kappa shape index (κ2) is 9.01. The maximum atomic E-state index is 12.3. The van der Waals surface area contributed by atoms with Crippen LogP contribution >= 0.6 is 0 Å². The number of aryl methyl sites for hydroxylation is 2. The number of para-hydroxylation sites is 2. The smallest absolute Gasteiger partial charge is 0.328 e. The fraction of sp³-hybridized carbons (Fsp3) is 0.238. The van der Waals surface area contributed by atoms with Gasteiger partial charge < -0.3 is 4.74 Å². The molecule has 0 unspecified atom stereocenters. The minimum Gasteiger partial charge on any atom is -0.456 e. The second-order valence-electron chi connectivity index (χ2n) is 6.53. The minimum absolute atomic E-state index is 0.0600. The van der Waals surface area contributed by atoms with Crippen molar-refractivity contribution in [3.8, 4) is 0 Å². The molecule has 2 aromatic carbocycles. The summed E-state index contributed by atoms with van der Waals surface area (Å²) in [6.45, 7) is -0.419. The first-order valence-corrected chi connectivity index (χ1v) is 9.12. The standard InChI is InChI=1S/C21H21N3O5/c1-23-16-9-5-6-10-17(16)24(21(23)28)12-11-20(27)29-14-19(26)22-18(25)13-15-7-3-2-4-8-15/h2-10H,11-14H2,1H3,(H,22,25,26). The van der Waals surface area contributed by atoms with E-state index in [1.165, 1.54) is 9.13 Å². The fourth-order valence-corrected chi connectivity index (χ4v) is 3.02. The lowest BCUT2D eigenvalue weighted by Gasteiger charge is -2.07. The molecular weight excluding hydrogens is 374 g/mol. The third-order valence-corrected chi connectivity index (χ3v) is 4.44. The number of rotatable bonds is 7. The highest BCUT2D eigenvalue weighted by Gasteiger charge is 2.14. The normalized spacial score (nSPS) is 10.7. The lowest BCUT2D eigenvalue weighted by molar-refractivity contribution is -0.149. The van der Waals surface area contributed by atoms with Crippen molar-refractivity contribution in [1.29, 1.82) is 0 Å². The summed E-state index contributed by atoms with van der Waals surface area (Å²) in [6, 6.07) is 16.2. The number of nitrogens with one attached hydrogen (secondary N) is 1. The van der Waals surface area contributed by atoms with E-state index in [1.54, 1.807) is 37.4 Å². The van der Waals surface area contributed by atoms with E-state index in [-0.39, 0.29) is 25.1 Å². The van der Waals surface area contributed by atoms with E-state index in [4.69, 9.17) is 4.74 Å². The predicted molar refractivity (Wildman–Crippen MR) is 106 cm³/mol. The predicted octanol–water partition coefficient (Wildman–Crippen LogP) is 1.16. The van der Waals surface area contributed by atoms with Gasteiger partial charge >= 0.3 is 11.7 Å². The van der Waals surface area contributed by atoms with Crippen LogP contribution in [0.4, 0.5) is 0 Å². The molecule has 0 fully saturated rings. The largest absolute Gasteiger partial charge is 0.456 e. The van der Waals surface area contributed by atoms with E-state index < -0.39 is 24.4 Å². The van der Waals surface area contributed by atoms with Gasteiger partial charge in [-0.2, -0.15) is 0 Å². The Morgan fingerprint density at radius 1 is 0.931 bits per heavy atom. The van der Waals surface area contributed by atoms with Crippen molar-refractivity contribution in [3.63, 3.8) is 0 Å². The zero-order valence-corrected chi connectivity index (χ0v) is 16.0. The fourth-order valence-electron chi connectivity index (χ4n) is 3.02. The molecule has 0 aliphatic heterocycles. The zero-order chi connectivity index (χ0) is 20.8. The Bertz CT molecular complexity index is 1100. The SMILES string of the molecule is Cn1c(=O)n(CCC(=O)OCC(=O)NC(=O)Cc2ccccc2)c2ccccc21. The third kappa shape index (κ3) is 4.98. The first-order chi connectivity index (χ1) is 14.0. The average molecular weight is 395 g/mol. The van der Waals surface area contributed by atoms with E-state index in [0.29, 0.717) is 0 Å². The van der Waals surface area contributed by atoms with Crippen molar-refractivity contribution >= 4 is 28.8 Å². The van der Waals surface area contributed by atoms with E-state index >= 15 is 0 Å². The van der Waals surface area contributed by atoms with Gasteiger partial charge in [0, 0.05) is 13.6 Å². The molecule has 0 atom stereocenters. The number of benzene rings is 2. The van der Waals surface area contributed by atoms with Crippen LogP contribution in [0.15, 0.2) is 59.4 Å². The summed E-state index contributed by atoms with van der Waals surface area (Å²) in [5.41, 5.74) is 2.03. The molecule has 2 amide bonds. The number of fused-ring (bicyclic) bond motifs is 1. The van der Waals surface area contributed by atoms with Crippen LogP contribution in [0.3, 0.4) is 0 Å². The number of imide groups is 1. The van der Waals surface area contributed by atoms with Gasteiger partial charge in [-0.1, -0.05) is 42.5 Å². The van der Waals surface area contributed by atoms with E-state index in [9.17, 15) is 19.2 Å². The highest BCUT2D eigenvalue weighted by Crippen LogP contribution is 2.11. The lowest BCUT2D eigenvalue weighted by atomic mass is 10.1. The lowest BCUT2D eigenvalue weighted by Crippen LogP contribution is -2.35. The highest BCUT2D eigenvalue weighted by molar-refractivity contribution is 5.97. The van der Waals surface area contributed by atoms with Crippen molar-refractivity contribution in [1.82, 2.24) is 14.5 Å². The number of imidazole rings is 1. The molecule has 0 bridgehead atoms. The van der Waals surface area contributed by atoms with Gasteiger partial charge in [0.1, 0.15) is 0 Å². The summed E-state index contributed by atoms with van der Waals surface area (Å²) >= 11 is 0. The first-order valence-electron chi connectivity index (χ1n) is 9.12. The van der Waals surface area contributed by atoms with Crippen LogP contribution in [0.5, 0.6) is 0 Å². The second-order valence-corrected chi connectivity index (χ2v) is 6.53. The van der Waals surface area contributed by atoms with Crippen LogP contribution in [0.1, 0.15) is 12.0 Å². The van der Waals surface area contributed by atoms with Gasteiger partial charge in [0.05, 0.1) is 23.9 Å². The van der Waals surface area contributed by atoms with E-state index in [2.05, 4.69) is 5.32 Å². The maximum absolute atomic E-state index is 12.3. The number of ether oxygens (including phenoxy) is 1. The van der Waals surface area contributed by atoms with Crippen molar-refractivity contribution in [2.24, 2.45) is 7.05 Å². The van der Waals surface area contributed by atoms with Gasteiger partial charge in [0.15, 0.2) is 6.61 Å². The summed E-state index contributed by atoms with van der Waals surface area (Å²) in [5.74, 6) is -1.79. The minimum atomic E-state index is -0.693. The molecule has 8 nitrogen and oxygen atoms in total. The first kappa shape index (κ1) is 20.1. The molecule has 0 radical (unpaired) electrons. The van der Waals surface area contributed by atoms with Crippen molar-refractivity contribution in [2.45, 2.75) is 19.4 Å². The summed E-state index contributed by atoms with van der Waals surface area (Å²) in [6.07, 6.45) is -0.0102. The highest BCUT2D eigenvalue weighted by atomic mass is 16.5. The number of esters is 1. The number of nitrogens with zero attached hydrogens (tertiary/aromatic N) is 2. The Morgan fingerprint density at radius 3 is 2.31 bits per heavy atom. The molecule has 29 heavy (non-hydrogen) atoms. The number of hydrogen-bond acceptors (Lipinski definition) is 5. The average Bonchev–Trinajstić information content (AvgIpc) is 2.96. The van der Waals surface area contributed by atoms with Crippen LogP contribution in [-0.2, 0) is 39.1 Å². The molecule has 1 heterocycles. The quantitative estimate of drug-likeness (QED) is 0.605. The number of carbonyl (C=O) groups is 3. The maximum Gasteiger partial charge on any atom is 0.328 e. The van der Waals surface area contributed by atoms with Crippen LogP contribution in [0, 0.1) is 0 Å². The van der Waals surface area contributed by atoms with E-state index in [1.807, 2.05) is 24.3 Å². The van der Waals surface area contributed by atoms with Crippen molar-refractivity contribution in [3.05, 3.63) is 70.6 Å². The van der Waals surface area contributed by atoms with Gasteiger partial charge in [-0.05, 0) is 17.7 Å². The number of aromatic nitrogens is 2. The Kier molecular flexibility index (Phi) is 6.23. The molecule has 0 saturated carbocycles. The monoisotopic (exact) mass is 395 g/mol. The van der Waals surface area contributed by atoms with Gasteiger partial charge in [0.2, 0.25) is 5.91 Å². The van der Waals surface area contributed by atoms with Gasteiger partial charge in [-0.25, -0.2) is 4.79 Å². The number of amides is 2. The van der Waals surface area contributed by atoms with Crippen LogP contribution in [-0.4, -0.2) is 33.5 Å². The Labute approximate surface area is 166 Å². The van der Waals surface area contributed by atoms with Gasteiger partial charge in [-0.3, -0.25) is 28.8 Å². The number of hydrogen-bond donors (Lipinski definition) is 1. The molecule has 0 saturated heterocycles. The molecule has 0 spiro atoms. The molecule has 0 aliphatic carbocycles. The molecule has 150 valence electrons. The molecular formula is C21H21N3O5. The van der Waals surface area contributed by atoms with Gasteiger partial charge in [-0.15, -0.1) is 0 Å². The Hall–Kier alpha value is -3.68. The third-order valence-electron chi connectivity index (χ3n) is 4.44. The summed E-state index contributed by atoms with van der Waals surface area (Å²) < 4.78 is 7.90. The van der Waals surface area contributed by atoms with Crippen LogP contribution in [0.2, 0.25) is 0 Å². The summed E-state index contributed by atoms with van der Waals surface area (Å²) in [5, 5.41) is 2.18. The van der Waals surface area contributed by atoms with Crippen LogP contribution in [0.25, 0.3) is 11.0 Å². The van der Waals surface area contributed by atoms with E-state index in [0.717, 1.165) is 16.6 Å². The molecule has 8 heteroatoms. The molecule has 1 N–H and O–H groups in total. The van der Waals surface area contributed by atoms with Crippen molar-refractivity contribution < 1.29 is 19.1 Å². The van der Waals surface area contributed by atoms with Crippen molar-refractivity contribution in [2.75, 3.05) is 6.61 Å². The topological polar surface area (TPSA) is 99.4 Å². The summed E-state index contributed by atoms with van der Waals surface area (Å²) in [4.78, 5) is 47.9. The van der Waals surface area contributed by atoms with Gasteiger partial charge in [0.25, 0.3) is 5.91 Å². The van der Waals surface area contributed by atoms with Crippen LogP contribution < -0.4 is 11.0 Å². The zero-order valence-electron chi connectivity index (χ0n) is 16.0. The Balaban J connectivity index is 1.47. The molecule has 1 aromatic heterocycles. The molecule has 3 rings (SSSR count).